The van der Waals surface area contributed by atoms with Gasteiger partial charge in [-0.15, -0.1) is 0 Å². The number of hydrogen-bond acceptors (Lipinski definition) is 4. The van der Waals surface area contributed by atoms with Gasteiger partial charge in [0.2, 0.25) is 0 Å². The molecule has 0 aliphatic heterocycles. The van der Waals surface area contributed by atoms with E-state index in [1.165, 1.54) is 11.6 Å². The Balaban J connectivity index is 1.37. The van der Waals surface area contributed by atoms with Crippen molar-refractivity contribution in [3.63, 3.8) is 0 Å². The fraction of sp³-hybridized carbons (Fsp3) is 0.0769. The van der Waals surface area contributed by atoms with Gasteiger partial charge in [-0.05, 0) is 58.8 Å². The minimum absolute atomic E-state index is 0.223. The zero-order chi connectivity index (χ0) is 23.0. The fourth-order valence-corrected chi connectivity index (χ4v) is 3.75. The molecule has 0 aromatic heterocycles. The van der Waals surface area contributed by atoms with Crippen molar-refractivity contribution in [3.05, 3.63) is 106 Å². The molecule has 0 radical (unpaired) electrons. The summed E-state index contributed by atoms with van der Waals surface area (Å²) in [6.45, 7) is 0.188. The van der Waals surface area contributed by atoms with E-state index in [9.17, 15) is 4.79 Å². The summed E-state index contributed by atoms with van der Waals surface area (Å²) >= 11 is 9.31. The Hall–Kier alpha value is -3.35. The number of nitrogens with zero attached hydrogens (tertiary/aromatic N) is 1. The molecule has 0 saturated carbocycles. The third-order valence-electron chi connectivity index (χ3n) is 4.82. The Morgan fingerprint density at radius 2 is 1.79 bits per heavy atom. The van der Waals surface area contributed by atoms with E-state index < -0.39 is 0 Å². The van der Waals surface area contributed by atoms with Crippen molar-refractivity contribution in [1.29, 1.82) is 0 Å². The monoisotopic (exact) mass is 522 g/mol. The molecule has 5 nitrogen and oxygen atoms in total. The summed E-state index contributed by atoms with van der Waals surface area (Å²) in [7, 11) is 0. The highest BCUT2D eigenvalue weighted by Crippen LogP contribution is 2.25. The predicted molar refractivity (Wildman–Crippen MR) is 136 cm³/mol. The molecule has 1 N–H and O–H groups in total. The molecule has 0 bridgehead atoms. The molecule has 0 aliphatic carbocycles. The highest BCUT2D eigenvalue weighted by Gasteiger charge is 2.07. The Morgan fingerprint density at radius 1 is 1.00 bits per heavy atom. The van der Waals surface area contributed by atoms with Crippen molar-refractivity contribution in [2.75, 3.05) is 11.9 Å². The summed E-state index contributed by atoms with van der Waals surface area (Å²) in [5.74, 6) is 0.334. The first-order valence-corrected chi connectivity index (χ1v) is 11.4. The second kappa shape index (κ2) is 11.0. The molecule has 4 rings (SSSR count). The highest BCUT2D eigenvalue weighted by molar-refractivity contribution is 9.10. The number of halogens is 2. The van der Waals surface area contributed by atoms with Gasteiger partial charge in [0.05, 0.1) is 6.21 Å². The molecule has 0 atom stereocenters. The molecule has 0 saturated heterocycles. The summed E-state index contributed by atoms with van der Waals surface area (Å²) in [6.07, 6.45) is 1.53. The zero-order valence-electron chi connectivity index (χ0n) is 17.5. The number of anilines is 1. The van der Waals surface area contributed by atoms with E-state index in [1.54, 1.807) is 24.3 Å². The maximum absolute atomic E-state index is 12.0. The third kappa shape index (κ3) is 6.34. The van der Waals surface area contributed by atoms with Gasteiger partial charge in [0, 0.05) is 20.7 Å². The van der Waals surface area contributed by atoms with Crippen LogP contribution in [0.15, 0.2) is 94.6 Å². The van der Waals surface area contributed by atoms with E-state index in [1.807, 2.05) is 36.4 Å². The molecular weight excluding hydrogens is 504 g/mol. The molecule has 0 unspecified atom stereocenters. The Labute approximate surface area is 205 Å². The van der Waals surface area contributed by atoms with Crippen molar-refractivity contribution >= 4 is 56.1 Å². The lowest BCUT2D eigenvalue weighted by Crippen LogP contribution is -2.16. The molecule has 0 heterocycles. The average Bonchev–Trinajstić information content (AvgIpc) is 2.83. The molecule has 33 heavy (non-hydrogen) atoms. The van der Waals surface area contributed by atoms with Crippen LogP contribution in [0.3, 0.4) is 0 Å². The SMILES string of the molecule is O=C(CO/N=C/c1cc(Br)ccc1OCc1cccc2ccccc12)Nc1ccc(Cl)cc1. The quantitative estimate of drug-likeness (QED) is 0.203. The Morgan fingerprint density at radius 3 is 2.64 bits per heavy atom. The van der Waals surface area contributed by atoms with E-state index in [0.29, 0.717) is 23.1 Å². The van der Waals surface area contributed by atoms with Gasteiger partial charge in [-0.3, -0.25) is 4.79 Å². The van der Waals surface area contributed by atoms with Gasteiger partial charge in [0.15, 0.2) is 6.61 Å². The summed E-state index contributed by atoms with van der Waals surface area (Å²) < 4.78 is 6.97. The van der Waals surface area contributed by atoms with Crippen LogP contribution in [-0.2, 0) is 16.2 Å². The number of fused-ring (bicyclic) bond motifs is 1. The van der Waals surface area contributed by atoms with Crippen molar-refractivity contribution in [2.24, 2.45) is 5.16 Å². The molecule has 0 spiro atoms. The van der Waals surface area contributed by atoms with Gasteiger partial charge in [-0.1, -0.05) is 75.2 Å². The lowest BCUT2D eigenvalue weighted by molar-refractivity contribution is -0.120. The van der Waals surface area contributed by atoms with Crippen LogP contribution in [0.4, 0.5) is 5.69 Å². The largest absolute Gasteiger partial charge is 0.488 e. The number of oxime groups is 1. The number of nitrogens with one attached hydrogen (secondary N) is 1. The van der Waals surface area contributed by atoms with Crippen LogP contribution in [0.2, 0.25) is 5.02 Å². The molecule has 1 amide bonds. The van der Waals surface area contributed by atoms with Crippen molar-refractivity contribution in [2.45, 2.75) is 6.61 Å². The second-order valence-corrected chi connectivity index (χ2v) is 8.52. The van der Waals surface area contributed by atoms with E-state index in [-0.39, 0.29) is 12.5 Å². The number of amides is 1. The minimum Gasteiger partial charge on any atom is -0.488 e. The highest BCUT2D eigenvalue weighted by atomic mass is 79.9. The molecule has 7 heteroatoms. The first-order chi connectivity index (χ1) is 16.1. The maximum Gasteiger partial charge on any atom is 0.265 e. The summed E-state index contributed by atoms with van der Waals surface area (Å²) in [5, 5.41) is 9.57. The third-order valence-corrected chi connectivity index (χ3v) is 5.57. The van der Waals surface area contributed by atoms with Crippen LogP contribution in [0, 0.1) is 0 Å². The average molecular weight is 524 g/mol. The summed E-state index contributed by atoms with van der Waals surface area (Å²) in [6, 6.07) is 26.8. The van der Waals surface area contributed by atoms with Crippen LogP contribution >= 0.6 is 27.5 Å². The number of carbonyl (C=O) groups excluding carboxylic acids is 1. The number of ether oxygens (including phenoxy) is 1. The molecule has 0 fully saturated rings. The Bertz CT molecular complexity index is 1290. The van der Waals surface area contributed by atoms with Gasteiger partial charge < -0.3 is 14.9 Å². The lowest BCUT2D eigenvalue weighted by Gasteiger charge is -2.11. The standard InChI is InChI=1S/C26H20BrClN2O3/c27-21-8-13-25(32-16-19-6-3-5-18-4-1-2-7-24(18)19)20(14-21)15-29-33-17-26(31)30-23-11-9-22(28)10-12-23/h1-15H,16-17H2,(H,30,31)/b29-15+. The van der Waals surface area contributed by atoms with E-state index in [2.05, 4.69) is 50.7 Å². The van der Waals surface area contributed by atoms with Gasteiger partial charge in [-0.2, -0.15) is 0 Å². The van der Waals surface area contributed by atoms with Crippen LogP contribution in [0.5, 0.6) is 5.75 Å². The van der Waals surface area contributed by atoms with Crippen LogP contribution < -0.4 is 10.1 Å². The van der Waals surface area contributed by atoms with Gasteiger partial charge in [0.25, 0.3) is 5.91 Å². The van der Waals surface area contributed by atoms with Crippen molar-refractivity contribution in [3.8, 4) is 5.75 Å². The van der Waals surface area contributed by atoms with E-state index >= 15 is 0 Å². The predicted octanol–water partition coefficient (Wildman–Crippen LogP) is 6.82. The van der Waals surface area contributed by atoms with Gasteiger partial charge >= 0.3 is 0 Å². The molecule has 4 aromatic carbocycles. The zero-order valence-corrected chi connectivity index (χ0v) is 19.8. The molecule has 166 valence electrons. The summed E-state index contributed by atoms with van der Waals surface area (Å²) in [5.41, 5.74) is 2.45. The topological polar surface area (TPSA) is 59.9 Å². The van der Waals surface area contributed by atoms with Crippen LogP contribution in [0.1, 0.15) is 11.1 Å². The van der Waals surface area contributed by atoms with Crippen molar-refractivity contribution in [1.82, 2.24) is 0 Å². The van der Waals surface area contributed by atoms with Gasteiger partial charge in [0.1, 0.15) is 12.4 Å². The molecular formula is C26H20BrClN2O3. The number of benzene rings is 4. The molecule has 4 aromatic rings. The number of rotatable bonds is 8. The first-order valence-electron chi connectivity index (χ1n) is 10.2. The minimum atomic E-state index is -0.323. The number of carbonyl (C=O) groups is 1. The normalized spacial score (nSPS) is 11.0. The number of hydrogen-bond donors (Lipinski definition) is 1. The first kappa shape index (κ1) is 22.8. The lowest BCUT2D eigenvalue weighted by atomic mass is 10.1. The van der Waals surface area contributed by atoms with Gasteiger partial charge in [-0.25, -0.2) is 0 Å². The second-order valence-electron chi connectivity index (χ2n) is 7.17. The Kier molecular flexibility index (Phi) is 7.60. The van der Waals surface area contributed by atoms with E-state index in [0.717, 1.165) is 21.0 Å². The van der Waals surface area contributed by atoms with E-state index in [4.69, 9.17) is 21.2 Å². The summed E-state index contributed by atoms with van der Waals surface area (Å²) in [4.78, 5) is 17.2. The van der Waals surface area contributed by atoms with Crippen LogP contribution in [-0.4, -0.2) is 18.7 Å². The van der Waals surface area contributed by atoms with Crippen LogP contribution in [0.25, 0.3) is 10.8 Å². The fourth-order valence-electron chi connectivity index (χ4n) is 3.25. The van der Waals surface area contributed by atoms with Crippen molar-refractivity contribution < 1.29 is 14.4 Å². The molecule has 0 aliphatic rings. The maximum atomic E-state index is 12.0. The smallest absolute Gasteiger partial charge is 0.265 e.